The van der Waals surface area contributed by atoms with Crippen LogP contribution < -0.4 is 5.32 Å². The van der Waals surface area contributed by atoms with Crippen LogP contribution in [0.4, 0.5) is 0 Å². The van der Waals surface area contributed by atoms with Crippen LogP contribution in [0.5, 0.6) is 0 Å². The largest absolute Gasteiger partial charge is 0.352 e. The summed E-state index contributed by atoms with van der Waals surface area (Å²) in [6.45, 7) is 6.82. The summed E-state index contributed by atoms with van der Waals surface area (Å²) in [5.74, 6) is 0.986. The minimum absolute atomic E-state index is 0.0590. The number of pyridine rings is 1. The molecule has 0 radical (unpaired) electrons. The van der Waals surface area contributed by atoms with Crippen molar-refractivity contribution in [3.05, 3.63) is 23.0 Å². The van der Waals surface area contributed by atoms with Crippen molar-refractivity contribution in [2.24, 2.45) is 5.92 Å². The van der Waals surface area contributed by atoms with Gasteiger partial charge in [0.25, 0.3) is 11.6 Å². The molecule has 1 aliphatic rings. The first kappa shape index (κ1) is 14.0. The van der Waals surface area contributed by atoms with Crippen molar-refractivity contribution in [2.45, 2.75) is 46.0 Å². The van der Waals surface area contributed by atoms with Gasteiger partial charge in [0.2, 0.25) is 0 Å². The maximum absolute atomic E-state index is 12.5. The predicted molar refractivity (Wildman–Crippen MR) is 80.3 cm³/mol. The summed E-state index contributed by atoms with van der Waals surface area (Å²) in [6, 6.07) is 1.91. The van der Waals surface area contributed by atoms with Crippen molar-refractivity contribution in [2.75, 3.05) is 6.54 Å². The zero-order chi connectivity index (χ0) is 15.0. The molecular weight excluding hydrogens is 266 g/mol. The van der Waals surface area contributed by atoms with Crippen LogP contribution in [-0.2, 0) is 0 Å². The number of carbonyl (C=O) groups excluding carboxylic acids is 1. The molecule has 1 fully saturated rings. The number of hydrogen-bond acceptors (Lipinski definition) is 4. The smallest absolute Gasteiger partial charge is 0.259 e. The summed E-state index contributed by atoms with van der Waals surface area (Å²) < 4.78 is 5.26. The molecule has 0 spiro atoms. The minimum atomic E-state index is -0.0590. The lowest BCUT2D eigenvalue weighted by molar-refractivity contribution is 0.0953. The van der Waals surface area contributed by atoms with E-state index in [0.29, 0.717) is 35.4 Å². The molecule has 5 heteroatoms. The van der Waals surface area contributed by atoms with Crippen LogP contribution in [0.2, 0.25) is 0 Å². The summed E-state index contributed by atoms with van der Waals surface area (Å²) >= 11 is 0. The van der Waals surface area contributed by atoms with E-state index in [1.165, 1.54) is 0 Å². The van der Waals surface area contributed by atoms with E-state index in [9.17, 15) is 4.79 Å². The Morgan fingerprint density at radius 1 is 1.48 bits per heavy atom. The fraction of sp³-hybridized carbons (Fsp3) is 0.562. The van der Waals surface area contributed by atoms with Crippen LogP contribution in [0.15, 0.2) is 10.6 Å². The van der Waals surface area contributed by atoms with E-state index in [-0.39, 0.29) is 5.91 Å². The first-order valence-electron chi connectivity index (χ1n) is 7.61. The highest BCUT2D eigenvalue weighted by Crippen LogP contribution is 2.40. The number of aromatic nitrogens is 2. The van der Waals surface area contributed by atoms with Crippen molar-refractivity contribution in [3.63, 3.8) is 0 Å². The van der Waals surface area contributed by atoms with Crippen LogP contribution in [0.3, 0.4) is 0 Å². The van der Waals surface area contributed by atoms with E-state index in [0.717, 1.165) is 30.3 Å². The molecule has 3 rings (SSSR count). The normalized spacial score (nSPS) is 14.9. The van der Waals surface area contributed by atoms with Crippen molar-refractivity contribution in [1.82, 2.24) is 15.5 Å². The van der Waals surface area contributed by atoms with Gasteiger partial charge in [-0.1, -0.05) is 19.0 Å². The van der Waals surface area contributed by atoms with Crippen molar-refractivity contribution < 1.29 is 9.32 Å². The Hall–Kier alpha value is -1.91. The van der Waals surface area contributed by atoms with Gasteiger partial charge in [0.1, 0.15) is 0 Å². The lowest BCUT2D eigenvalue weighted by Gasteiger charge is -2.09. The molecule has 1 saturated carbocycles. The Balaban J connectivity index is 1.91. The number of aryl methyl sites for hydroxylation is 1. The molecule has 2 aromatic rings. The van der Waals surface area contributed by atoms with E-state index in [1.54, 1.807) is 0 Å². The molecule has 0 unspecified atom stereocenters. The highest BCUT2D eigenvalue weighted by Gasteiger charge is 2.28. The van der Waals surface area contributed by atoms with E-state index < -0.39 is 0 Å². The van der Waals surface area contributed by atoms with Gasteiger partial charge in [0.15, 0.2) is 0 Å². The van der Waals surface area contributed by atoms with Crippen LogP contribution in [0.25, 0.3) is 11.1 Å². The van der Waals surface area contributed by atoms with Crippen molar-refractivity contribution in [3.8, 4) is 0 Å². The van der Waals surface area contributed by atoms with Gasteiger partial charge in [-0.2, -0.15) is 0 Å². The number of rotatable bonds is 5. The lowest BCUT2D eigenvalue weighted by Crippen LogP contribution is -2.25. The standard InChI is InChI=1S/C16H21N3O2/c1-9(2)6-7-17-15(20)12-8-13(11-4-5-11)18-16-14(12)10(3)19-21-16/h8-9,11H,4-7H2,1-3H3,(H,17,20). The predicted octanol–water partition coefficient (Wildman–Crippen LogP) is 3.18. The highest BCUT2D eigenvalue weighted by molar-refractivity contribution is 6.06. The van der Waals surface area contributed by atoms with Crippen LogP contribution in [-0.4, -0.2) is 22.6 Å². The Morgan fingerprint density at radius 2 is 2.24 bits per heavy atom. The number of carbonyl (C=O) groups is 1. The molecular formula is C16H21N3O2. The zero-order valence-corrected chi connectivity index (χ0v) is 12.8. The van der Waals surface area contributed by atoms with Crippen molar-refractivity contribution >= 4 is 17.0 Å². The van der Waals surface area contributed by atoms with Crippen molar-refractivity contribution in [1.29, 1.82) is 0 Å². The second-order valence-electron chi connectivity index (χ2n) is 6.26. The van der Waals surface area contributed by atoms with Gasteiger partial charge in [0.05, 0.1) is 16.6 Å². The third-order valence-corrected chi connectivity index (χ3v) is 3.88. The molecule has 2 aromatic heterocycles. The Bertz CT molecular complexity index is 671. The van der Waals surface area contributed by atoms with E-state index in [4.69, 9.17) is 4.52 Å². The molecule has 21 heavy (non-hydrogen) atoms. The van der Waals surface area contributed by atoms with Crippen LogP contribution in [0, 0.1) is 12.8 Å². The van der Waals surface area contributed by atoms with E-state index >= 15 is 0 Å². The molecule has 0 aromatic carbocycles. The molecule has 2 heterocycles. The third-order valence-electron chi connectivity index (χ3n) is 3.88. The SMILES string of the molecule is Cc1noc2nc(C3CC3)cc(C(=O)NCCC(C)C)c12. The molecule has 1 N–H and O–H groups in total. The number of hydrogen-bond donors (Lipinski definition) is 1. The molecule has 0 aliphatic heterocycles. The monoisotopic (exact) mass is 287 g/mol. The van der Waals surface area contributed by atoms with Gasteiger partial charge in [-0.3, -0.25) is 4.79 Å². The fourth-order valence-corrected chi connectivity index (χ4v) is 2.45. The Kier molecular flexibility index (Phi) is 3.66. The zero-order valence-electron chi connectivity index (χ0n) is 12.8. The van der Waals surface area contributed by atoms with E-state index in [2.05, 4.69) is 29.3 Å². The highest BCUT2D eigenvalue weighted by atomic mass is 16.5. The quantitative estimate of drug-likeness (QED) is 0.917. The summed E-state index contributed by atoms with van der Waals surface area (Å²) in [5, 5.41) is 7.68. The molecule has 1 amide bonds. The molecule has 5 nitrogen and oxygen atoms in total. The minimum Gasteiger partial charge on any atom is -0.352 e. The second-order valence-corrected chi connectivity index (χ2v) is 6.26. The van der Waals surface area contributed by atoms with Crippen LogP contribution in [0.1, 0.15) is 60.8 Å². The van der Waals surface area contributed by atoms with Gasteiger partial charge in [-0.25, -0.2) is 4.98 Å². The molecule has 0 atom stereocenters. The number of amides is 1. The number of nitrogens with zero attached hydrogens (tertiary/aromatic N) is 2. The maximum atomic E-state index is 12.5. The summed E-state index contributed by atoms with van der Waals surface area (Å²) in [4.78, 5) is 17.0. The maximum Gasteiger partial charge on any atom is 0.259 e. The Morgan fingerprint density at radius 3 is 2.90 bits per heavy atom. The van der Waals surface area contributed by atoms with Gasteiger partial charge in [-0.15, -0.1) is 0 Å². The van der Waals surface area contributed by atoms with Gasteiger partial charge in [0, 0.05) is 18.2 Å². The average molecular weight is 287 g/mol. The summed E-state index contributed by atoms with van der Waals surface area (Å²) in [7, 11) is 0. The van der Waals surface area contributed by atoms with Crippen LogP contribution >= 0.6 is 0 Å². The summed E-state index contributed by atoms with van der Waals surface area (Å²) in [6.07, 6.45) is 3.25. The summed E-state index contributed by atoms with van der Waals surface area (Å²) in [5.41, 5.74) is 2.79. The lowest BCUT2D eigenvalue weighted by atomic mass is 10.1. The molecule has 1 aliphatic carbocycles. The average Bonchev–Trinajstić information content (AvgIpc) is 3.22. The van der Waals surface area contributed by atoms with Gasteiger partial charge >= 0.3 is 0 Å². The molecule has 112 valence electrons. The van der Waals surface area contributed by atoms with E-state index in [1.807, 2.05) is 13.0 Å². The van der Waals surface area contributed by atoms with Gasteiger partial charge < -0.3 is 9.84 Å². The first-order chi connectivity index (χ1) is 10.1. The second kappa shape index (κ2) is 5.47. The number of fused-ring (bicyclic) bond motifs is 1. The van der Waals surface area contributed by atoms with Gasteiger partial charge in [-0.05, 0) is 38.2 Å². The Labute approximate surface area is 124 Å². The fourth-order valence-electron chi connectivity index (χ4n) is 2.45. The molecule has 0 bridgehead atoms. The topological polar surface area (TPSA) is 68.0 Å². The number of nitrogens with one attached hydrogen (secondary N) is 1. The molecule has 0 saturated heterocycles. The first-order valence-corrected chi connectivity index (χ1v) is 7.61. The third kappa shape index (κ3) is 2.91.